The minimum absolute atomic E-state index is 0.0341. The number of aromatic nitrogens is 3. The predicted octanol–water partition coefficient (Wildman–Crippen LogP) is 3.05. The summed E-state index contributed by atoms with van der Waals surface area (Å²) in [5.74, 6) is 1.37. The van der Waals surface area contributed by atoms with E-state index in [0.29, 0.717) is 10.9 Å². The highest BCUT2D eigenvalue weighted by atomic mass is 35.5. The van der Waals surface area contributed by atoms with Gasteiger partial charge in [-0.15, -0.1) is 0 Å². The molecule has 0 aliphatic carbocycles. The average Bonchev–Trinajstić information content (AvgIpc) is 2.93. The Bertz CT molecular complexity index is 601. The summed E-state index contributed by atoms with van der Waals surface area (Å²) >= 11 is 6.13. The van der Waals surface area contributed by atoms with Crippen LogP contribution in [0.5, 0.6) is 0 Å². The van der Waals surface area contributed by atoms with Crippen molar-refractivity contribution in [1.82, 2.24) is 14.5 Å². The maximum atomic E-state index is 6.13. The molecule has 2 atom stereocenters. The second-order valence-electron chi connectivity index (χ2n) is 5.33. The van der Waals surface area contributed by atoms with Crippen LogP contribution in [0.1, 0.15) is 24.8 Å². The van der Waals surface area contributed by atoms with Crippen LogP contribution < -0.4 is 5.32 Å². The second kappa shape index (κ2) is 6.45. The molecule has 1 saturated heterocycles. The van der Waals surface area contributed by atoms with Gasteiger partial charge in [-0.25, -0.2) is 4.98 Å². The number of ether oxygens (including phenoxy) is 1. The van der Waals surface area contributed by atoms with E-state index in [1.54, 1.807) is 12.4 Å². The van der Waals surface area contributed by atoms with Crippen LogP contribution in [0.4, 0.5) is 5.69 Å². The van der Waals surface area contributed by atoms with Crippen LogP contribution in [0.15, 0.2) is 30.9 Å². The smallest absolute Gasteiger partial charge is 0.138 e. The molecule has 1 aliphatic rings. The van der Waals surface area contributed by atoms with Crippen molar-refractivity contribution in [2.24, 2.45) is 13.0 Å². The fraction of sp³-hybridized carbons (Fsp3) is 0.467. The fourth-order valence-corrected chi connectivity index (χ4v) is 2.93. The van der Waals surface area contributed by atoms with Crippen molar-refractivity contribution in [3.63, 3.8) is 0 Å². The van der Waals surface area contributed by atoms with E-state index in [1.165, 1.54) is 0 Å². The molecule has 5 nitrogen and oxygen atoms in total. The van der Waals surface area contributed by atoms with Crippen molar-refractivity contribution in [3.8, 4) is 0 Å². The van der Waals surface area contributed by atoms with E-state index in [-0.39, 0.29) is 6.10 Å². The van der Waals surface area contributed by atoms with Gasteiger partial charge in [-0.1, -0.05) is 11.6 Å². The van der Waals surface area contributed by atoms with Crippen molar-refractivity contribution in [3.05, 3.63) is 41.7 Å². The Morgan fingerprint density at radius 1 is 1.48 bits per heavy atom. The summed E-state index contributed by atoms with van der Waals surface area (Å²) in [6.45, 7) is 1.60. The molecule has 0 radical (unpaired) electrons. The SMILES string of the molecule is Cn1ccnc1[C@@H]1OCCC[C@H]1CNc1ccncc1Cl. The first-order valence-corrected chi connectivity index (χ1v) is 7.55. The van der Waals surface area contributed by atoms with Crippen molar-refractivity contribution < 1.29 is 4.74 Å². The summed E-state index contributed by atoms with van der Waals surface area (Å²) < 4.78 is 8.00. The van der Waals surface area contributed by atoms with Gasteiger partial charge < -0.3 is 14.6 Å². The van der Waals surface area contributed by atoms with Crippen molar-refractivity contribution in [2.45, 2.75) is 18.9 Å². The zero-order valence-electron chi connectivity index (χ0n) is 12.0. The normalized spacial score (nSPS) is 22.2. The number of aryl methyl sites for hydroxylation is 1. The van der Waals surface area contributed by atoms with E-state index in [4.69, 9.17) is 16.3 Å². The highest BCUT2D eigenvalue weighted by Crippen LogP contribution is 2.33. The Morgan fingerprint density at radius 2 is 2.38 bits per heavy atom. The lowest BCUT2D eigenvalue weighted by Gasteiger charge is -2.31. The summed E-state index contributed by atoms with van der Waals surface area (Å²) in [4.78, 5) is 8.43. The summed E-state index contributed by atoms with van der Waals surface area (Å²) in [6, 6.07) is 1.89. The molecule has 0 saturated carbocycles. The third-order valence-electron chi connectivity index (χ3n) is 3.88. The maximum Gasteiger partial charge on any atom is 0.138 e. The number of nitrogens with one attached hydrogen (secondary N) is 1. The van der Waals surface area contributed by atoms with E-state index in [0.717, 1.165) is 37.5 Å². The molecule has 0 bridgehead atoms. The lowest BCUT2D eigenvalue weighted by Crippen LogP contribution is -2.30. The molecule has 1 aliphatic heterocycles. The number of anilines is 1. The first kappa shape index (κ1) is 14.4. The highest BCUT2D eigenvalue weighted by molar-refractivity contribution is 6.33. The molecule has 21 heavy (non-hydrogen) atoms. The van der Waals surface area contributed by atoms with Crippen LogP contribution >= 0.6 is 11.6 Å². The quantitative estimate of drug-likeness (QED) is 0.943. The molecule has 1 N–H and O–H groups in total. The summed E-state index contributed by atoms with van der Waals surface area (Å²) in [5, 5.41) is 4.05. The summed E-state index contributed by atoms with van der Waals surface area (Å²) in [7, 11) is 2.00. The third-order valence-corrected chi connectivity index (χ3v) is 4.19. The summed E-state index contributed by atoms with van der Waals surface area (Å²) in [6.07, 6.45) is 9.39. The Kier molecular flexibility index (Phi) is 4.41. The number of halogens is 1. The summed E-state index contributed by atoms with van der Waals surface area (Å²) in [5.41, 5.74) is 0.913. The van der Waals surface area contributed by atoms with Gasteiger partial charge in [0.2, 0.25) is 0 Å². The van der Waals surface area contributed by atoms with Crippen LogP contribution in [0, 0.1) is 5.92 Å². The van der Waals surface area contributed by atoms with Crippen molar-refractivity contribution in [2.75, 3.05) is 18.5 Å². The van der Waals surface area contributed by atoms with E-state index >= 15 is 0 Å². The van der Waals surface area contributed by atoms with Gasteiger partial charge in [0.15, 0.2) is 0 Å². The van der Waals surface area contributed by atoms with Crippen LogP contribution in [0.2, 0.25) is 5.02 Å². The van der Waals surface area contributed by atoms with Crippen molar-refractivity contribution in [1.29, 1.82) is 0 Å². The lowest BCUT2D eigenvalue weighted by molar-refractivity contribution is -0.0304. The van der Waals surface area contributed by atoms with E-state index in [2.05, 4.69) is 15.3 Å². The standard InChI is InChI=1S/C15H19ClN4O/c1-20-7-6-18-15(20)14-11(3-2-8-21-14)9-19-13-4-5-17-10-12(13)16/h4-7,10-11,14H,2-3,8-9H2,1H3,(H,17,19)/t11-,14+/m0/s1. The fourth-order valence-electron chi connectivity index (χ4n) is 2.75. The third kappa shape index (κ3) is 3.19. The molecule has 2 aromatic rings. The van der Waals surface area contributed by atoms with Gasteiger partial charge in [0.25, 0.3) is 0 Å². The highest BCUT2D eigenvalue weighted by Gasteiger charge is 2.30. The van der Waals surface area contributed by atoms with E-state index < -0.39 is 0 Å². The molecule has 3 rings (SSSR count). The minimum atomic E-state index is 0.0341. The van der Waals surface area contributed by atoms with E-state index in [1.807, 2.05) is 30.1 Å². The van der Waals surface area contributed by atoms with Crippen LogP contribution in [0.3, 0.4) is 0 Å². The molecule has 2 aromatic heterocycles. The molecule has 0 spiro atoms. The first-order valence-electron chi connectivity index (χ1n) is 7.18. The zero-order valence-corrected chi connectivity index (χ0v) is 12.8. The van der Waals surface area contributed by atoms with Gasteiger partial charge in [0.05, 0.1) is 10.7 Å². The Labute approximate surface area is 129 Å². The average molecular weight is 307 g/mol. The molecule has 0 amide bonds. The number of nitrogens with zero attached hydrogens (tertiary/aromatic N) is 3. The van der Waals surface area contributed by atoms with Crippen LogP contribution in [0.25, 0.3) is 0 Å². The van der Waals surface area contributed by atoms with E-state index in [9.17, 15) is 0 Å². The largest absolute Gasteiger partial charge is 0.383 e. The molecule has 1 fully saturated rings. The van der Waals surface area contributed by atoms with Gasteiger partial charge in [0, 0.05) is 50.9 Å². The number of imidazole rings is 1. The molecule has 0 unspecified atom stereocenters. The van der Waals surface area contributed by atoms with Gasteiger partial charge in [0.1, 0.15) is 11.9 Å². The number of hydrogen-bond donors (Lipinski definition) is 1. The molecule has 0 aromatic carbocycles. The van der Waals surface area contributed by atoms with Gasteiger partial charge in [-0.05, 0) is 18.9 Å². The zero-order chi connectivity index (χ0) is 14.7. The van der Waals surface area contributed by atoms with Crippen LogP contribution in [-0.2, 0) is 11.8 Å². The lowest BCUT2D eigenvalue weighted by atomic mass is 9.93. The number of hydrogen-bond acceptors (Lipinski definition) is 4. The Morgan fingerprint density at radius 3 is 3.14 bits per heavy atom. The Hall–Kier alpha value is -1.59. The first-order chi connectivity index (χ1) is 10.3. The van der Waals surface area contributed by atoms with Gasteiger partial charge >= 0.3 is 0 Å². The molecule has 112 valence electrons. The Balaban J connectivity index is 1.71. The monoisotopic (exact) mass is 306 g/mol. The van der Waals surface area contributed by atoms with Crippen LogP contribution in [-0.4, -0.2) is 27.7 Å². The number of pyridine rings is 1. The number of rotatable bonds is 4. The van der Waals surface area contributed by atoms with Gasteiger partial charge in [-0.3, -0.25) is 4.98 Å². The minimum Gasteiger partial charge on any atom is -0.383 e. The second-order valence-corrected chi connectivity index (χ2v) is 5.73. The predicted molar refractivity (Wildman–Crippen MR) is 82.4 cm³/mol. The van der Waals surface area contributed by atoms with Gasteiger partial charge in [-0.2, -0.15) is 0 Å². The topological polar surface area (TPSA) is 52.0 Å². The maximum absolute atomic E-state index is 6.13. The molecule has 6 heteroatoms. The molecular weight excluding hydrogens is 288 g/mol. The molecule has 3 heterocycles. The molecular formula is C15H19ClN4O. The van der Waals surface area contributed by atoms with Crippen molar-refractivity contribution >= 4 is 17.3 Å².